The van der Waals surface area contributed by atoms with Crippen LogP contribution in [0.15, 0.2) is 18.2 Å². The van der Waals surface area contributed by atoms with Crippen LogP contribution in [0.3, 0.4) is 0 Å². The number of amides is 2. The normalized spacial score (nSPS) is 19.5. The van der Waals surface area contributed by atoms with Gasteiger partial charge in [-0.3, -0.25) is 14.9 Å². The molecule has 1 heterocycles. The van der Waals surface area contributed by atoms with Gasteiger partial charge in [-0.2, -0.15) is 0 Å². The van der Waals surface area contributed by atoms with Crippen LogP contribution in [0.25, 0.3) is 0 Å². The maximum absolute atomic E-state index is 11.9. The minimum absolute atomic E-state index is 0.197. The van der Waals surface area contributed by atoms with E-state index in [4.69, 9.17) is 5.73 Å². The lowest BCUT2D eigenvalue weighted by Gasteiger charge is -2.37. The number of aryl methyl sites for hydroxylation is 1. The molecule has 1 aliphatic heterocycles. The average molecular weight is 261 g/mol. The highest BCUT2D eigenvalue weighted by atomic mass is 16.2. The molecule has 0 radical (unpaired) electrons. The largest absolute Gasteiger partial charge is 0.350 e. The monoisotopic (exact) mass is 261 g/mol. The lowest BCUT2D eigenvalue weighted by atomic mass is 10.0. The highest BCUT2D eigenvalue weighted by molar-refractivity contribution is 6.04. The van der Waals surface area contributed by atoms with E-state index in [2.05, 4.69) is 5.32 Å². The van der Waals surface area contributed by atoms with Crippen molar-refractivity contribution in [2.75, 3.05) is 11.4 Å². The molecule has 1 atom stereocenters. The fourth-order valence-corrected chi connectivity index (χ4v) is 2.60. The standard InChI is InChI=1S/C14H19N3O2/c1-3-11-14(19)16-12(18)8-17(11)13-9(2)5-4-6-10(13)7-15/h4-6,11H,3,7-8,15H2,1-2H3,(H,16,18,19). The molecule has 1 saturated heterocycles. The van der Waals surface area contributed by atoms with Crippen molar-refractivity contribution in [3.8, 4) is 0 Å². The Morgan fingerprint density at radius 3 is 2.79 bits per heavy atom. The first-order chi connectivity index (χ1) is 9.08. The van der Waals surface area contributed by atoms with Crippen molar-refractivity contribution < 1.29 is 9.59 Å². The third-order valence-corrected chi connectivity index (χ3v) is 3.47. The number of benzene rings is 1. The van der Waals surface area contributed by atoms with E-state index in [-0.39, 0.29) is 24.4 Å². The quantitative estimate of drug-likeness (QED) is 0.785. The van der Waals surface area contributed by atoms with Crippen LogP contribution in [0.5, 0.6) is 0 Å². The fourth-order valence-electron chi connectivity index (χ4n) is 2.60. The maximum atomic E-state index is 11.9. The molecule has 1 fully saturated rings. The van der Waals surface area contributed by atoms with Crippen molar-refractivity contribution in [1.29, 1.82) is 0 Å². The molecule has 5 heteroatoms. The van der Waals surface area contributed by atoms with Gasteiger partial charge in [-0.1, -0.05) is 25.1 Å². The van der Waals surface area contributed by atoms with Crippen molar-refractivity contribution in [3.63, 3.8) is 0 Å². The van der Waals surface area contributed by atoms with Gasteiger partial charge >= 0.3 is 0 Å². The Hall–Kier alpha value is -1.88. The highest BCUT2D eigenvalue weighted by Crippen LogP contribution is 2.28. The summed E-state index contributed by atoms with van der Waals surface area (Å²) in [6, 6.07) is 5.53. The lowest BCUT2D eigenvalue weighted by Crippen LogP contribution is -2.58. The molecule has 1 aliphatic rings. The van der Waals surface area contributed by atoms with Gasteiger partial charge in [0.15, 0.2) is 0 Å². The third-order valence-electron chi connectivity index (χ3n) is 3.47. The Morgan fingerprint density at radius 1 is 1.42 bits per heavy atom. The molecule has 102 valence electrons. The molecule has 0 aromatic heterocycles. The maximum Gasteiger partial charge on any atom is 0.249 e. The Labute approximate surface area is 112 Å². The van der Waals surface area contributed by atoms with Crippen LogP contribution in [0.1, 0.15) is 24.5 Å². The molecule has 5 nitrogen and oxygen atoms in total. The molecule has 1 aromatic rings. The molecule has 2 amide bonds. The van der Waals surface area contributed by atoms with E-state index in [1.54, 1.807) is 0 Å². The number of rotatable bonds is 3. The van der Waals surface area contributed by atoms with E-state index >= 15 is 0 Å². The van der Waals surface area contributed by atoms with Gasteiger partial charge in [-0.05, 0) is 24.5 Å². The van der Waals surface area contributed by atoms with E-state index in [1.165, 1.54) is 0 Å². The van der Waals surface area contributed by atoms with Crippen LogP contribution in [0, 0.1) is 6.92 Å². The van der Waals surface area contributed by atoms with Crippen LogP contribution in [0.2, 0.25) is 0 Å². The molecule has 3 N–H and O–H groups in total. The molecule has 1 unspecified atom stereocenters. The van der Waals surface area contributed by atoms with Crippen molar-refractivity contribution >= 4 is 17.5 Å². The summed E-state index contributed by atoms with van der Waals surface area (Å²) < 4.78 is 0. The Bertz CT molecular complexity index is 513. The number of nitrogens with zero attached hydrogens (tertiary/aromatic N) is 1. The summed E-state index contributed by atoms with van der Waals surface area (Å²) >= 11 is 0. The first-order valence-electron chi connectivity index (χ1n) is 6.47. The predicted molar refractivity (Wildman–Crippen MR) is 73.6 cm³/mol. The van der Waals surface area contributed by atoms with Crippen molar-refractivity contribution in [3.05, 3.63) is 29.3 Å². The van der Waals surface area contributed by atoms with Crippen LogP contribution >= 0.6 is 0 Å². The molecule has 0 saturated carbocycles. The number of hydrogen-bond donors (Lipinski definition) is 2. The number of nitrogens with two attached hydrogens (primary N) is 1. The molecule has 19 heavy (non-hydrogen) atoms. The van der Waals surface area contributed by atoms with E-state index in [0.29, 0.717) is 13.0 Å². The van der Waals surface area contributed by atoms with Crippen LogP contribution in [-0.4, -0.2) is 24.4 Å². The van der Waals surface area contributed by atoms with Gasteiger partial charge in [-0.25, -0.2) is 0 Å². The number of carbonyl (C=O) groups is 2. The summed E-state index contributed by atoms with van der Waals surface area (Å²) in [6.07, 6.45) is 0.650. The zero-order valence-corrected chi connectivity index (χ0v) is 11.3. The second kappa shape index (κ2) is 5.40. The zero-order chi connectivity index (χ0) is 14.0. The first kappa shape index (κ1) is 13.5. The van der Waals surface area contributed by atoms with E-state index < -0.39 is 0 Å². The Balaban J connectivity index is 2.48. The SMILES string of the molecule is CCC1C(=O)NC(=O)CN1c1c(C)cccc1CN. The van der Waals surface area contributed by atoms with Crippen molar-refractivity contribution in [2.45, 2.75) is 32.9 Å². The summed E-state index contributed by atoms with van der Waals surface area (Å²) in [7, 11) is 0. The molecule has 0 spiro atoms. The summed E-state index contributed by atoms with van der Waals surface area (Å²) in [4.78, 5) is 25.4. The second-order valence-electron chi connectivity index (χ2n) is 4.75. The number of piperazine rings is 1. The molecular weight excluding hydrogens is 242 g/mol. The number of nitrogens with one attached hydrogen (secondary N) is 1. The summed E-state index contributed by atoms with van der Waals surface area (Å²) in [5.41, 5.74) is 8.68. The van der Waals surface area contributed by atoms with E-state index in [1.807, 2.05) is 36.9 Å². The molecule has 2 rings (SSSR count). The number of carbonyl (C=O) groups excluding carboxylic acids is 2. The Kier molecular flexibility index (Phi) is 3.85. The van der Waals surface area contributed by atoms with Crippen LogP contribution < -0.4 is 16.0 Å². The fraction of sp³-hybridized carbons (Fsp3) is 0.429. The first-order valence-corrected chi connectivity index (χ1v) is 6.47. The van der Waals surface area contributed by atoms with Crippen LogP contribution in [-0.2, 0) is 16.1 Å². The third kappa shape index (κ3) is 2.46. The van der Waals surface area contributed by atoms with Crippen molar-refractivity contribution in [1.82, 2.24) is 5.32 Å². The Morgan fingerprint density at radius 2 is 2.16 bits per heavy atom. The summed E-state index contributed by atoms with van der Waals surface area (Å²) in [6.45, 7) is 4.49. The van der Waals surface area contributed by atoms with E-state index in [0.717, 1.165) is 16.8 Å². The summed E-state index contributed by atoms with van der Waals surface area (Å²) in [5, 5.41) is 2.39. The number of para-hydroxylation sites is 1. The predicted octanol–water partition coefficient (Wildman–Crippen LogP) is 0.695. The molecule has 0 bridgehead atoms. The van der Waals surface area contributed by atoms with Gasteiger partial charge in [-0.15, -0.1) is 0 Å². The minimum Gasteiger partial charge on any atom is -0.350 e. The van der Waals surface area contributed by atoms with Crippen molar-refractivity contribution in [2.24, 2.45) is 5.73 Å². The molecule has 0 aliphatic carbocycles. The van der Waals surface area contributed by atoms with Gasteiger partial charge in [0, 0.05) is 12.2 Å². The number of imide groups is 1. The van der Waals surface area contributed by atoms with Gasteiger partial charge < -0.3 is 10.6 Å². The average Bonchev–Trinajstić information content (AvgIpc) is 2.37. The second-order valence-corrected chi connectivity index (χ2v) is 4.75. The number of anilines is 1. The minimum atomic E-state index is -0.316. The molecular formula is C14H19N3O2. The van der Waals surface area contributed by atoms with Gasteiger partial charge in [0.05, 0.1) is 6.54 Å². The van der Waals surface area contributed by atoms with Gasteiger partial charge in [0.2, 0.25) is 11.8 Å². The number of hydrogen-bond acceptors (Lipinski definition) is 4. The van der Waals surface area contributed by atoms with Crippen LogP contribution in [0.4, 0.5) is 5.69 Å². The van der Waals surface area contributed by atoms with Gasteiger partial charge in [0.25, 0.3) is 0 Å². The molecule has 1 aromatic carbocycles. The zero-order valence-electron chi connectivity index (χ0n) is 11.3. The van der Waals surface area contributed by atoms with Gasteiger partial charge in [0.1, 0.15) is 6.04 Å². The highest BCUT2D eigenvalue weighted by Gasteiger charge is 2.33. The van der Waals surface area contributed by atoms with E-state index in [9.17, 15) is 9.59 Å². The lowest BCUT2D eigenvalue weighted by molar-refractivity contribution is -0.132. The summed E-state index contributed by atoms with van der Waals surface area (Å²) in [5.74, 6) is -0.495. The smallest absolute Gasteiger partial charge is 0.249 e. The topological polar surface area (TPSA) is 75.4 Å².